The normalized spacial score (nSPS) is 18.9. The van der Waals surface area contributed by atoms with Crippen LogP contribution < -0.4 is 5.32 Å². The van der Waals surface area contributed by atoms with Crippen molar-refractivity contribution in [1.29, 1.82) is 0 Å². The molecular weight excluding hydrogens is 222 g/mol. The maximum absolute atomic E-state index is 12.0. The fourth-order valence-corrected chi connectivity index (χ4v) is 1.78. The van der Waals surface area contributed by atoms with Crippen LogP contribution in [0.4, 0.5) is 0 Å². The summed E-state index contributed by atoms with van der Waals surface area (Å²) in [6.45, 7) is 4.89. The van der Waals surface area contributed by atoms with Crippen LogP contribution >= 0.6 is 0 Å². The lowest BCUT2D eigenvalue weighted by atomic mass is 10.2. The molecular formula is C11H21N3O3. The number of hydrogen-bond acceptors (Lipinski definition) is 4. The summed E-state index contributed by atoms with van der Waals surface area (Å²) in [6.07, 6.45) is 0. The number of carbonyl (C=O) groups excluding carboxylic acids is 2. The maximum Gasteiger partial charge on any atom is 0.246 e. The Labute approximate surface area is 102 Å². The van der Waals surface area contributed by atoms with Crippen molar-refractivity contribution in [2.45, 2.75) is 13.0 Å². The third-order valence-electron chi connectivity index (χ3n) is 2.84. The molecule has 17 heavy (non-hydrogen) atoms. The summed E-state index contributed by atoms with van der Waals surface area (Å²) < 4.78 is 4.70. The first-order valence-corrected chi connectivity index (χ1v) is 5.80. The lowest BCUT2D eigenvalue weighted by Crippen LogP contribution is -2.53. The average molecular weight is 243 g/mol. The molecule has 1 aliphatic rings. The standard InChI is InChI=1S/C11H21N3O3/c1-9(12-10(15)8-17-3)11(16)14-6-4-13(2)5-7-14/h9H,4-8H2,1-3H3,(H,12,15)/t9-/m0/s1. The minimum absolute atomic E-state index is 0.0135. The summed E-state index contributed by atoms with van der Waals surface area (Å²) >= 11 is 0. The molecule has 1 N–H and O–H groups in total. The van der Waals surface area contributed by atoms with Crippen molar-refractivity contribution in [3.63, 3.8) is 0 Å². The summed E-state index contributed by atoms with van der Waals surface area (Å²) in [4.78, 5) is 27.2. The van der Waals surface area contributed by atoms with Crippen molar-refractivity contribution >= 4 is 11.8 Å². The number of ether oxygens (including phenoxy) is 1. The molecule has 0 aromatic heterocycles. The summed E-state index contributed by atoms with van der Waals surface area (Å²) in [5.41, 5.74) is 0. The molecule has 98 valence electrons. The number of rotatable bonds is 4. The first kappa shape index (κ1) is 13.9. The topological polar surface area (TPSA) is 61.9 Å². The van der Waals surface area contributed by atoms with E-state index in [-0.39, 0.29) is 18.4 Å². The van der Waals surface area contributed by atoms with Crippen LogP contribution in [0.3, 0.4) is 0 Å². The fraction of sp³-hybridized carbons (Fsp3) is 0.818. The highest BCUT2D eigenvalue weighted by Gasteiger charge is 2.24. The molecule has 0 saturated carbocycles. The summed E-state index contributed by atoms with van der Waals surface area (Å²) in [6, 6.07) is -0.485. The van der Waals surface area contributed by atoms with Crippen LogP contribution in [0.5, 0.6) is 0 Å². The van der Waals surface area contributed by atoms with Gasteiger partial charge in [0, 0.05) is 33.3 Å². The predicted molar refractivity (Wildman–Crippen MR) is 63.6 cm³/mol. The molecule has 0 spiro atoms. The Morgan fingerprint density at radius 3 is 2.41 bits per heavy atom. The highest BCUT2D eigenvalue weighted by atomic mass is 16.5. The largest absolute Gasteiger partial charge is 0.375 e. The van der Waals surface area contributed by atoms with E-state index in [1.807, 2.05) is 7.05 Å². The second-order valence-corrected chi connectivity index (χ2v) is 4.35. The SMILES string of the molecule is COCC(=O)N[C@@H](C)C(=O)N1CCN(C)CC1. The third-order valence-corrected chi connectivity index (χ3v) is 2.84. The molecule has 6 nitrogen and oxygen atoms in total. The first-order valence-electron chi connectivity index (χ1n) is 5.80. The van der Waals surface area contributed by atoms with E-state index in [0.717, 1.165) is 26.2 Å². The van der Waals surface area contributed by atoms with Crippen LogP contribution in [0.1, 0.15) is 6.92 Å². The Morgan fingerprint density at radius 2 is 1.88 bits per heavy atom. The molecule has 0 aromatic carbocycles. The molecule has 0 radical (unpaired) electrons. The van der Waals surface area contributed by atoms with Gasteiger partial charge in [0.2, 0.25) is 11.8 Å². The minimum atomic E-state index is -0.485. The maximum atomic E-state index is 12.0. The van der Waals surface area contributed by atoms with Crippen molar-refractivity contribution in [2.24, 2.45) is 0 Å². The van der Waals surface area contributed by atoms with Crippen molar-refractivity contribution in [3.8, 4) is 0 Å². The van der Waals surface area contributed by atoms with E-state index >= 15 is 0 Å². The Hall–Kier alpha value is -1.14. The van der Waals surface area contributed by atoms with Crippen LogP contribution in [0.25, 0.3) is 0 Å². The van der Waals surface area contributed by atoms with Gasteiger partial charge in [-0.1, -0.05) is 0 Å². The van der Waals surface area contributed by atoms with E-state index in [1.165, 1.54) is 7.11 Å². The van der Waals surface area contributed by atoms with Gasteiger partial charge in [-0.3, -0.25) is 9.59 Å². The predicted octanol–water partition coefficient (Wildman–Crippen LogP) is -1.09. The Balaban J connectivity index is 2.38. The summed E-state index contributed by atoms with van der Waals surface area (Å²) in [5, 5.41) is 2.62. The smallest absolute Gasteiger partial charge is 0.246 e. The van der Waals surface area contributed by atoms with E-state index in [9.17, 15) is 9.59 Å². The molecule has 0 aromatic rings. The number of methoxy groups -OCH3 is 1. The average Bonchev–Trinajstić information content (AvgIpc) is 2.29. The van der Waals surface area contributed by atoms with E-state index in [1.54, 1.807) is 11.8 Å². The summed E-state index contributed by atoms with van der Waals surface area (Å²) in [5.74, 6) is -0.287. The molecule has 1 heterocycles. The van der Waals surface area contributed by atoms with Crippen molar-refractivity contribution in [3.05, 3.63) is 0 Å². The monoisotopic (exact) mass is 243 g/mol. The van der Waals surface area contributed by atoms with Crippen molar-refractivity contribution in [2.75, 3.05) is 46.9 Å². The molecule has 6 heteroatoms. The van der Waals surface area contributed by atoms with Crippen molar-refractivity contribution in [1.82, 2.24) is 15.1 Å². The quantitative estimate of drug-likeness (QED) is 0.681. The fourth-order valence-electron chi connectivity index (χ4n) is 1.78. The van der Waals surface area contributed by atoms with Crippen LogP contribution in [0.15, 0.2) is 0 Å². The number of hydrogen-bond donors (Lipinski definition) is 1. The number of carbonyl (C=O) groups is 2. The third kappa shape index (κ3) is 4.32. The van der Waals surface area contributed by atoms with Gasteiger partial charge in [0.05, 0.1) is 0 Å². The van der Waals surface area contributed by atoms with Gasteiger partial charge >= 0.3 is 0 Å². The molecule has 0 aliphatic carbocycles. The zero-order valence-electron chi connectivity index (χ0n) is 10.7. The lowest BCUT2D eigenvalue weighted by molar-refractivity contribution is -0.138. The highest BCUT2D eigenvalue weighted by molar-refractivity contribution is 5.87. The highest BCUT2D eigenvalue weighted by Crippen LogP contribution is 2.02. The van der Waals surface area contributed by atoms with Crippen LogP contribution in [0.2, 0.25) is 0 Å². The first-order chi connectivity index (χ1) is 8.04. The summed E-state index contributed by atoms with van der Waals surface area (Å²) in [7, 11) is 3.48. The zero-order chi connectivity index (χ0) is 12.8. The van der Waals surface area contributed by atoms with E-state index < -0.39 is 6.04 Å². The number of piperazine rings is 1. The Kier molecular flexibility index (Phi) is 5.37. The lowest BCUT2D eigenvalue weighted by Gasteiger charge is -2.34. The molecule has 1 aliphatic heterocycles. The van der Waals surface area contributed by atoms with Gasteiger partial charge in [-0.05, 0) is 14.0 Å². The van der Waals surface area contributed by atoms with Gasteiger partial charge in [0.1, 0.15) is 12.6 Å². The molecule has 1 fully saturated rings. The second kappa shape index (κ2) is 6.56. The molecule has 1 atom stereocenters. The number of amides is 2. The zero-order valence-corrected chi connectivity index (χ0v) is 10.7. The van der Waals surface area contributed by atoms with Gasteiger partial charge in [0.15, 0.2) is 0 Å². The molecule has 0 bridgehead atoms. The number of nitrogens with zero attached hydrogens (tertiary/aromatic N) is 2. The van der Waals surface area contributed by atoms with Crippen LogP contribution in [-0.2, 0) is 14.3 Å². The number of likely N-dealkylation sites (N-methyl/N-ethyl adjacent to an activating group) is 1. The van der Waals surface area contributed by atoms with E-state index in [4.69, 9.17) is 4.74 Å². The van der Waals surface area contributed by atoms with Gasteiger partial charge in [-0.25, -0.2) is 0 Å². The van der Waals surface area contributed by atoms with Gasteiger partial charge in [0.25, 0.3) is 0 Å². The van der Waals surface area contributed by atoms with Crippen molar-refractivity contribution < 1.29 is 14.3 Å². The molecule has 1 saturated heterocycles. The molecule has 1 rings (SSSR count). The van der Waals surface area contributed by atoms with E-state index in [2.05, 4.69) is 10.2 Å². The minimum Gasteiger partial charge on any atom is -0.375 e. The van der Waals surface area contributed by atoms with Crippen LogP contribution in [-0.4, -0.2) is 74.6 Å². The molecule has 2 amide bonds. The van der Waals surface area contributed by atoms with Crippen LogP contribution in [0, 0.1) is 0 Å². The second-order valence-electron chi connectivity index (χ2n) is 4.35. The number of nitrogens with one attached hydrogen (secondary N) is 1. The van der Waals surface area contributed by atoms with Gasteiger partial charge < -0.3 is 19.9 Å². The van der Waals surface area contributed by atoms with Gasteiger partial charge in [-0.2, -0.15) is 0 Å². The molecule has 0 unspecified atom stereocenters. The Bertz CT molecular complexity index is 275. The van der Waals surface area contributed by atoms with E-state index in [0.29, 0.717) is 0 Å². The van der Waals surface area contributed by atoms with Gasteiger partial charge in [-0.15, -0.1) is 0 Å². The Morgan fingerprint density at radius 1 is 1.29 bits per heavy atom.